The number of halogens is 1. The normalized spacial score (nSPS) is 20.1. The Labute approximate surface area is 86.5 Å². The zero-order chi connectivity index (χ0) is 11.4. The molecule has 1 saturated heterocycles. The van der Waals surface area contributed by atoms with Gasteiger partial charge in [-0.1, -0.05) is 12.7 Å². The molecule has 0 saturated carbocycles. The summed E-state index contributed by atoms with van der Waals surface area (Å²) in [4.78, 5) is 10.4. The first-order valence-corrected chi connectivity index (χ1v) is 4.24. The maximum atomic E-state index is 12.2. The second-order valence-electron chi connectivity index (χ2n) is 3.02. The molecule has 2 N–H and O–H groups in total. The minimum absolute atomic E-state index is 0.193. The van der Waals surface area contributed by atoms with Crippen LogP contribution in [0.1, 0.15) is 0 Å². The molecule has 1 aliphatic rings. The molecule has 1 rings (SSSR count). The number of rotatable bonds is 3. The smallest absolute Gasteiger partial charge is 0.478 e. The van der Waals surface area contributed by atoms with Gasteiger partial charge in [0.15, 0.2) is 0 Å². The maximum absolute atomic E-state index is 12.2. The highest BCUT2D eigenvalue weighted by molar-refractivity contribution is 6.55. The molecule has 0 aromatic heterocycles. The van der Waals surface area contributed by atoms with E-state index in [2.05, 4.69) is 6.58 Å². The second kappa shape index (κ2) is 4.90. The van der Waals surface area contributed by atoms with Gasteiger partial charge in [-0.15, -0.1) is 0 Å². The van der Waals surface area contributed by atoms with E-state index in [1.165, 1.54) is 6.08 Å². The minimum Gasteiger partial charge on any atom is -0.478 e. The number of hydrogen-bond acceptors (Lipinski definition) is 3. The van der Waals surface area contributed by atoms with E-state index in [9.17, 15) is 14.2 Å². The van der Waals surface area contributed by atoms with Crippen molar-refractivity contribution in [2.75, 3.05) is 13.3 Å². The third kappa shape index (κ3) is 2.77. The van der Waals surface area contributed by atoms with Crippen LogP contribution in [0.5, 0.6) is 0 Å². The molecule has 6 heteroatoms. The summed E-state index contributed by atoms with van der Waals surface area (Å²) in [5.74, 6) is -1.33. The van der Waals surface area contributed by atoms with Crippen LogP contribution in [0.15, 0.2) is 35.3 Å². The predicted molar refractivity (Wildman–Crippen MR) is 52.8 cm³/mol. The summed E-state index contributed by atoms with van der Waals surface area (Å²) in [6.45, 7) is 2.74. The third-order valence-corrected chi connectivity index (χ3v) is 1.97. The second-order valence-corrected chi connectivity index (χ2v) is 3.02. The van der Waals surface area contributed by atoms with Gasteiger partial charge in [0, 0.05) is 0 Å². The SMILES string of the molecule is C=C1COB(O)/C1=C/C=C(\CF)C(=O)O. The molecule has 15 heavy (non-hydrogen) atoms. The lowest BCUT2D eigenvalue weighted by Crippen LogP contribution is -2.12. The lowest BCUT2D eigenvalue weighted by Gasteiger charge is -1.97. The number of carboxylic acid groups (broad SMARTS) is 1. The average Bonchev–Trinajstić information content (AvgIpc) is 2.49. The maximum Gasteiger partial charge on any atom is 0.491 e. The van der Waals surface area contributed by atoms with Crippen molar-refractivity contribution in [3.05, 3.63) is 35.3 Å². The summed E-state index contributed by atoms with van der Waals surface area (Å²) in [6, 6.07) is 0. The van der Waals surface area contributed by atoms with Crippen molar-refractivity contribution >= 4 is 13.1 Å². The first-order valence-electron chi connectivity index (χ1n) is 4.24. The molecule has 0 aromatic rings. The van der Waals surface area contributed by atoms with Gasteiger partial charge in [-0.2, -0.15) is 0 Å². The minimum atomic E-state index is -1.33. The van der Waals surface area contributed by atoms with Crippen molar-refractivity contribution in [3.8, 4) is 0 Å². The Kier molecular flexibility index (Phi) is 3.82. The summed E-state index contributed by atoms with van der Waals surface area (Å²) in [5, 5.41) is 17.8. The van der Waals surface area contributed by atoms with Crippen LogP contribution in [0.2, 0.25) is 0 Å². The molecule has 1 heterocycles. The number of hydrogen-bond donors (Lipinski definition) is 2. The summed E-state index contributed by atoms with van der Waals surface area (Å²) in [6.07, 6.45) is 2.41. The van der Waals surface area contributed by atoms with Gasteiger partial charge in [0.05, 0.1) is 12.2 Å². The number of carboxylic acids is 1. The summed E-state index contributed by atoms with van der Waals surface area (Å²) >= 11 is 0. The Balaban J connectivity index is 2.87. The van der Waals surface area contributed by atoms with E-state index in [-0.39, 0.29) is 12.2 Å². The van der Waals surface area contributed by atoms with E-state index in [4.69, 9.17) is 9.76 Å². The van der Waals surface area contributed by atoms with Crippen LogP contribution in [0.3, 0.4) is 0 Å². The van der Waals surface area contributed by atoms with Crippen LogP contribution in [0.4, 0.5) is 4.39 Å². The van der Waals surface area contributed by atoms with Gasteiger partial charge in [0.25, 0.3) is 0 Å². The van der Waals surface area contributed by atoms with Crippen molar-refractivity contribution in [2.45, 2.75) is 0 Å². The Morgan fingerprint density at radius 1 is 1.73 bits per heavy atom. The Bertz CT molecular complexity index is 348. The van der Waals surface area contributed by atoms with E-state index >= 15 is 0 Å². The fourth-order valence-corrected chi connectivity index (χ4v) is 1.09. The van der Waals surface area contributed by atoms with Gasteiger partial charge >= 0.3 is 13.1 Å². The molecule has 0 amide bonds. The van der Waals surface area contributed by atoms with E-state index in [0.717, 1.165) is 6.08 Å². The highest BCUT2D eigenvalue weighted by atomic mass is 19.1. The van der Waals surface area contributed by atoms with E-state index in [1.807, 2.05) is 0 Å². The highest BCUT2D eigenvalue weighted by Crippen LogP contribution is 2.19. The van der Waals surface area contributed by atoms with Gasteiger partial charge < -0.3 is 14.8 Å². The molecule has 0 aliphatic carbocycles. The zero-order valence-corrected chi connectivity index (χ0v) is 7.94. The topological polar surface area (TPSA) is 66.8 Å². The third-order valence-electron chi connectivity index (χ3n) is 1.97. The Morgan fingerprint density at radius 2 is 2.40 bits per heavy atom. The van der Waals surface area contributed by atoms with Crippen LogP contribution in [-0.4, -0.2) is 36.5 Å². The first-order chi connectivity index (χ1) is 7.06. The Hall–Kier alpha value is -1.40. The molecule has 1 aliphatic heterocycles. The molecular weight excluding hydrogens is 202 g/mol. The quantitative estimate of drug-likeness (QED) is 0.528. The lowest BCUT2D eigenvalue weighted by molar-refractivity contribution is -0.132. The lowest BCUT2D eigenvalue weighted by atomic mass is 9.78. The number of allylic oxidation sites excluding steroid dienone is 2. The van der Waals surface area contributed by atoms with Crippen LogP contribution in [-0.2, 0) is 9.45 Å². The largest absolute Gasteiger partial charge is 0.491 e. The van der Waals surface area contributed by atoms with Crippen molar-refractivity contribution in [1.82, 2.24) is 0 Å². The average molecular weight is 212 g/mol. The molecule has 0 unspecified atom stereocenters. The van der Waals surface area contributed by atoms with E-state index in [0.29, 0.717) is 11.0 Å². The van der Waals surface area contributed by atoms with Gasteiger partial charge in [-0.25, -0.2) is 9.18 Å². The molecule has 0 atom stereocenters. The van der Waals surface area contributed by atoms with Crippen molar-refractivity contribution in [2.24, 2.45) is 0 Å². The molecule has 4 nitrogen and oxygen atoms in total. The number of carbonyl (C=O) groups is 1. The monoisotopic (exact) mass is 212 g/mol. The standard InChI is InChI=1S/C9H10BFO4/c1-6-5-15-10(14)8(6)3-2-7(4-11)9(12)13/h2-3,14H,1,4-5H2,(H,12,13)/b7-2+,8-3+. The van der Waals surface area contributed by atoms with Gasteiger partial charge in [-0.05, 0) is 17.1 Å². The van der Waals surface area contributed by atoms with Crippen LogP contribution in [0, 0.1) is 0 Å². The van der Waals surface area contributed by atoms with Gasteiger partial charge in [0.2, 0.25) is 0 Å². The molecule has 80 valence electrons. The van der Waals surface area contributed by atoms with Gasteiger partial charge in [-0.3, -0.25) is 0 Å². The molecule has 0 radical (unpaired) electrons. The predicted octanol–water partition coefficient (Wildman–Crippen LogP) is 0.499. The van der Waals surface area contributed by atoms with Crippen molar-refractivity contribution in [1.29, 1.82) is 0 Å². The Morgan fingerprint density at radius 3 is 2.80 bits per heavy atom. The molecule has 0 bridgehead atoms. The molecule has 0 spiro atoms. The van der Waals surface area contributed by atoms with Crippen LogP contribution in [0.25, 0.3) is 0 Å². The highest BCUT2D eigenvalue weighted by Gasteiger charge is 2.28. The first kappa shape index (κ1) is 11.7. The zero-order valence-electron chi connectivity index (χ0n) is 7.94. The summed E-state index contributed by atoms with van der Waals surface area (Å²) < 4.78 is 17.0. The van der Waals surface area contributed by atoms with Gasteiger partial charge in [0.1, 0.15) is 6.67 Å². The number of alkyl halides is 1. The van der Waals surface area contributed by atoms with E-state index in [1.54, 1.807) is 0 Å². The van der Waals surface area contributed by atoms with Crippen LogP contribution >= 0.6 is 0 Å². The molecule has 1 fully saturated rings. The van der Waals surface area contributed by atoms with Crippen molar-refractivity contribution in [3.63, 3.8) is 0 Å². The molecule has 0 aromatic carbocycles. The van der Waals surface area contributed by atoms with Crippen molar-refractivity contribution < 1.29 is 24.0 Å². The number of aliphatic carboxylic acids is 1. The summed E-state index contributed by atoms with van der Waals surface area (Å²) in [7, 11) is -1.11. The fraction of sp³-hybridized carbons (Fsp3) is 0.222. The fourth-order valence-electron chi connectivity index (χ4n) is 1.09. The van der Waals surface area contributed by atoms with Crippen LogP contribution < -0.4 is 0 Å². The van der Waals surface area contributed by atoms with E-state index < -0.39 is 19.8 Å². The molecular formula is C9H10BFO4. The summed E-state index contributed by atoms with van der Waals surface area (Å²) in [5.41, 5.74) is 0.555.